The average Bonchev–Trinajstić information content (AvgIpc) is 2.62. The summed E-state index contributed by atoms with van der Waals surface area (Å²) in [5, 5.41) is 16.2. The van der Waals surface area contributed by atoms with Crippen LogP contribution in [-0.4, -0.2) is 15.9 Å². The summed E-state index contributed by atoms with van der Waals surface area (Å²) in [7, 11) is 0. The summed E-state index contributed by atoms with van der Waals surface area (Å²) in [6, 6.07) is 10.0. The summed E-state index contributed by atoms with van der Waals surface area (Å²) >= 11 is 6.02. The molecule has 0 saturated heterocycles. The molecule has 2 N–H and O–H groups in total. The van der Waals surface area contributed by atoms with E-state index >= 15 is 0 Å². The Bertz CT molecular complexity index is 689. The number of rotatable bonds is 9. The molecule has 0 spiro atoms. The number of anilines is 3. The van der Waals surface area contributed by atoms with Gasteiger partial charge >= 0.3 is 0 Å². The summed E-state index contributed by atoms with van der Waals surface area (Å²) in [5.74, 6) is 0.564. The van der Waals surface area contributed by atoms with Crippen molar-refractivity contribution in [2.24, 2.45) is 5.10 Å². The van der Waals surface area contributed by atoms with E-state index in [9.17, 15) is 0 Å². The van der Waals surface area contributed by atoms with E-state index in [2.05, 4.69) is 58.9 Å². The molecule has 5 nitrogen and oxygen atoms in total. The lowest BCUT2D eigenvalue weighted by molar-refractivity contribution is 0.906. The highest BCUT2D eigenvalue weighted by Crippen LogP contribution is 2.25. The Morgan fingerprint density at radius 3 is 2.32 bits per heavy atom. The van der Waals surface area contributed by atoms with Gasteiger partial charge in [0.15, 0.2) is 11.0 Å². The van der Waals surface area contributed by atoms with Gasteiger partial charge < -0.3 is 5.32 Å². The van der Waals surface area contributed by atoms with Crippen LogP contribution in [0.1, 0.15) is 52.0 Å². The van der Waals surface area contributed by atoms with Crippen molar-refractivity contribution in [3.63, 3.8) is 0 Å². The third kappa shape index (κ3) is 6.02. The van der Waals surface area contributed by atoms with Gasteiger partial charge in [-0.1, -0.05) is 57.3 Å². The quantitative estimate of drug-likeness (QED) is 0.438. The third-order valence-electron chi connectivity index (χ3n) is 3.80. The smallest absolute Gasteiger partial charge is 0.192 e. The number of nitrogens with zero attached hydrogens (tertiary/aromatic N) is 3. The van der Waals surface area contributed by atoms with E-state index in [0.29, 0.717) is 11.0 Å². The van der Waals surface area contributed by atoms with Gasteiger partial charge in [0.2, 0.25) is 0 Å². The highest BCUT2D eigenvalue weighted by atomic mass is 35.5. The van der Waals surface area contributed by atoms with Crippen molar-refractivity contribution < 1.29 is 0 Å². The Labute approximate surface area is 154 Å². The molecule has 0 fully saturated rings. The van der Waals surface area contributed by atoms with Crippen LogP contribution >= 0.6 is 11.6 Å². The van der Waals surface area contributed by atoms with Gasteiger partial charge in [-0.2, -0.15) is 5.10 Å². The highest BCUT2D eigenvalue weighted by molar-refractivity contribution is 6.29. The zero-order valence-corrected chi connectivity index (χ0v) is 15.9. The topological polar surface area (TPSA) is 62.2 Å². The van der Waals surface area contributed by atoms with Crippen LogP contribution in [0.15, 0.2) is 35.4 Å². The van der Waals surface area contributed by atoms with E-state index in [4.69, 9.17) is 11.6 Å². The van der Waals surface area contributed by atoms with Gasteiger partial charge in [-0.05, 0) is 37.0 Å². The average molecular weight is 360 g/mol. The number of hydrogen-bond donors (Lipinski definition) is 2. The molecular formula is C19H26ClN5. The number of aromatic nitrogens is 2. The Morgan fingerprint density at radius 1 is 1.04 bits per heavy atom. The SMILES string of the molecule is CCCC(CCC)=NNc1nnc(Cl)cc1Nc1ccc(CC)cc1. The molecule has 0 atom stereocenters. The fourth-order valence-electron chi connectivity index (χ4n) is 2.47. The molecule has 0 aliphatic rings. The summed E-state index contributed by atoms with van der Waals surface area (Å²) in [4.78, 5) is 0. The maximum absolute atomic E-state index is 6.02. The second-order valence-corrected chi connectivity index (χ2v) is 6.28. The lowest BCUT2D eigenvalue weighted by atomic mass is 10.1. The number of nitrogens with one attached hydrogen (secondary N) is 2. The van der Waals surface area contributed by atoms with Gasteiger partial charge in [0, 0.05) is 17.5 Å². The van der Waals surface area contributed by atoms with E-state index in [1.165, 1.54) is 5.56 Å². The first-order valence-electron chi connectivity index (χ1n) is 8.86. The van der Waals surface area contributed by atoms with Crippen LogP contribution in [0.3, 0.4) is 0 Å². The molecular weight excluding hydrogens is 334 g/mol. The van der Waals surface area contributed by atoms with Gasteiger partial charge in [0.05, 0.1) is 5.69 Å². The molecule has 1 aromatic heterocycles. The fourth-order valence-corrected chi connectivity index (χ4v) is 2.62. The minimum atomic E-state index is 0.338. The maximum Gasteiger partial charge on any atom is 0.192 e. The van der Waals surface area contributed by atoms with Crippen LogP contribution in [0.25, 0.3) is 0 Å². The first-order valence-corrected chi connectivity index (χ1v) is 9.24. The number of halogens is 1. The van der Waals surface area contributed by atoms with Gasteiger partial charge in [-0.3, -0.25) is 5.43 Å². The lowest BCUT2D eigenvalue weighted by Gasteiger charge is -2.12. The van der Waals surface area contributed by atoms with Crippen LogP contribution in [0, 0.1) is 0 Å². The molecule has 1 heterocycles. The summed E-state index contributed by atoms with van der Waals surface area (Å²) in [5.41, 5.74) is 7.20. The van der Waals surface area contributed by atoms with Gasteiger partial charge in [0.1, 0.15) is 0 Å². The Morgan fingerprint density at radius 2 is 1.72 bits per heavy atom. The van der Waals surface area contributed by atoms with Gasteiger partial charge in [-0.15, -0.1) is 10.2 Å². The van der Waals surface area contributed by atoms with E-state index in [-0.39, 0.29) is 0 Å². The molecule has 2 rings (SSSR count). The number of hydrogen-bond acceptors (Lipinski definition) is 5. The van der Waals surface area contributed by atoms with E-state index in [1.54, 1.807) is 6.07 Å². The molecule has 0 saturated carbocycles. The number of aryl methyl sites for hydroxylation is 1. The molecule has 0 radical (unpaired) electrons. The molecule has 134 valence electrons. The number of benzene rings is 1. The van der Waals surface area contributed by atoms with Gasteiger partial charge in [0.25, 0.3) is 0 Å². The first-order chi connectivity index (χ1) is 12.2. The molecule has 0 aliphatic heterocycles. The second kappa shape index (κ2) is 9.99. The third-order valence-corrected chi connectivity index (χ3v) is 3.99. The number of hydrazone groups is 1. The van der Waals surface area contributed by atoms with E-state index in [0.717, 1.165) is 49.2 Å². The second-order valence-electron chi connectivity index (χ2n) is 5.89. The van der Waals surface area contributed by atoms with Crippen molar-refractivity contribution in [3.05, 3.63) is 41.0 Å². The predicted molar refractivity (Wildman–Crippen MR) is 107 cm³/mol. The lowest BCUT2D eigenvalue weighted by Crippen LogP contribution is -2.05. The molecule has 6 heteroatoms. The highest BCUT2D eigenvalue weighted by Gasteiger charge is 2.07. The monoisotopic (exact) mass is 359 g/mol. The largest absolute Gasteiger partial charge is 0.352 e. The molecule has 2 aromatic rings. The molecule has 1 aromatic carbocycles. The van der Waals surface area contributed by atoms with Crippen LogP contribution < -0.4 is 10.7 Å². The maximum atomic E-state index is 6.02. The van der Waals surface area contributed by atoms with Crippen LogP contribution in [0.2, 0.25) is 5.15 Å². The minimum Gasteiger partial charge on any atom is -0.352 e. The molecule has 0 amide bonds. The summed E-state index contributed by atoms with van der Waals surface area (Å²) < 4.78 is 0. The van der Waals surface area contributed by atoms with Crippen molar-refractivity contribution in [2.75, 3.05) is 10.7 Å². The Kier molecular flexibility index (Phi) is 7.67. The van der Waals surface area contributed by atoms with Crippen molar-refractivity contribution in [1.82, 2.24) is 10.2 Å². The standard InChI is InChI=1S/C19H26ClN5/c1-4-7-16(8-5-2)22-24-19-17(13-18(20)23-25-19)21-15-11-9-14(6-3)10-12-15/h9-13H,4-8H2,1-3H3,(H,21,23)(H,24,25). The Hall–Kier alpha value is -2.14. The Balaban J connectivity index is 2.19. The van der Waals surface area contributed by atoms with Crippen molar-refractivity contribution >= 4 is 34.5 Å². The van der Waals surface area contributed by atoms with Crippen molar-refractivity contribution in [2.45, 2.75) is 52.9 Å². The van der Waals surface area contributed by atoms with Crippen LogP contribution in [0.4, 0.5) is 17.2 Å². The normalized spacial score (nSPS) is 10.4. The molecule has 0 unspecified atom stereocenters. The fraction of sp³-hybridized carbons (Fsp3) is 0.421. The van der Waals surface area contributed by atoms with Crippen LogP contribution in [0.5, 0.6) is 0 Å². The predicted octanol–water partition coefficient (Wildman–Crippen LogP) is 5.80. The minimum absolute atomic E-state index is 0.338. The van der Waals surface area contributed by atoms with Crippen molar-refractivity contribution in [3.8, 4) is 0 Å². The van der Waals surface area contributed by atoms with E-state index in [1.807, 2.05) is 12.1 Å². The van der Waals surface area contributed by atoms with Gasteiger partial charge in [-0.25, -0.2) is 0 Å². The van der Waals surface area contributed by atoms with E-state index < -0.39 is 0 Å². The zero-order chi connectivity index (χ0) is 18.1. The molecule has 25 heavy (non-hydrogen) atoms. The molecule has 0 aliphatic carbocycles. The first kappa shape index (κ1) is 19.2. The molecule has 0 bridgehead atoms. The van der Waals surface area contributed by atoms with Crippen LogP contribution in [-0.2, 0) is 6.42 Å². The summed E-state index contributed by atoms with van der Waals surface area (Å²) in [6.45, 7) is 6.44. The summed E-state index contributed by atoms with van der Waals surface area (Å²) in [6.07, 6.45) is 5.11. The van der Waals surface area contributed by atoms with Crippen molar-refractivity contribution in [1.29, 1.82) is 0 Å². The zero-order valence-electron chi connectivity index (χ0n) is 15.1.